The number of ether oxygens (including phenoxy) is 7. The highest BCUT2D eigenvalue weighted by atomic mass is 35.5. The van der Waals surface area contributed by atoms with E-state index < -0.39 is 0 Å². The van der Waals surface area contributed by atoms with Gasteiger partial charge in [-0.3, -0.25) is 4.79 Å². The van der Waals surface area contributed by atoms with E-state index in [9.17, 15) is 4.79 Å². The second kappa shape index (κ2) is 31.5. The second-order valence-electron chi connectivity index (χ2n) is 8.16. The lowest BCUT2D eigenvalue weighted by Gasteiger charge is -2.08. The van der Waals surface area contributed by atoms with Crippen LogP contribution in [0.4, 0.5) is 0 Å². The maximum Gasteiger partial charge on any atom is 0.305 e. The molecule has 0 rings (SSSR count). The third-order valence-electron chi connectivity index (χ3n) is 5.01. The maximum absolute atomic E-state index is 11.6. The molecule has 0 fully saturated rings. The van der Waals surface area contributed by atoms with Gasteiger partial charge in [-0.05, 0) is 19.3 Å². The molecule has 0 unspecified atom stereocenters. The topological polar surface area (TPSA) is 81.7 Å². The third kappa shape index (κ3) is 31.5. The van der Waals surface area contributed by atoms with Crippen molar-refractivity contribution < 1.29 is 38.0 Å². The van der Waals surface area contributed by atoms with Crippen LogP contribution in [0.3, 0.4) is 0 Å². The molecule has 0 aromatic heterocycles. The van der Waals surface area contributed by atoms with Crippen LogP contribution in [0.25, 0.3) is 0 Å². The molecule has 0 bridgehead atoms. The lowest BCUT2D eigenvalue weighted by molar-refractivity contribution is -0.145. The minimum atomic E-state index is -0.139. The van der Waals surface area contributed by atoms with Crippen LogP contribution in [0.1, 0.15) is 71.1 Å². The van der Waals surface area contributed by atoms with Crippen molar-refractivity contribution >= 4 is 17.6 Å². The lowest BCUT2D eigenvalue weighted by Crippen LogP contribution is -2.15. The standard InChI is InChI=1S/C26H51ClO8/c1-2-3-4-5-8-11-26(28)35-25-24-34-23-22-33-21-20-32-19-18-31-17-16-30-15-14-29-13-10-7-6-9-12-27/h2-25H2,1H3. The molecule has 0 saturated carbocycles. The predicted octanol–water partition coefficient (Wildman–Crippen LogP) is 4.79. The van der Waals surface area contributed by atoms with Crippen LogP contribution < -0.4 is 0 Å². The predicted molar refractivity (Wildman–Crippen MR) is 138 cm³/mol. The Labute approximate surface area is 218 Å². The Bertz CT molecular complexity index is 415. The van der Waals surface area contributed by atoms with E-state index in [1.54, 1.807) is 0 Å². The fourth-order valence-electron chi connectivity index (χ4n) is 3.01. The summed E-state index contributed by atoms with van der Waals surface area (Å²) in [6.45, 7) is 9.00. The summed E-state index contributed by atoms with van der Waals surface area (Å²) in [6.07, 6.45) is 10.6. The average molecular weight is 527 g/mol. The van der Waals surface area contributed by atoms with Gasteiger partial charge < -0.3 is 33.2 Å². The molecule has 0 heterocycles. The summed E-state index contributed by atoms with van der Waals surface area (Å²) >= 11 is 5.64. The molecule has 0 aliphatic heterocycles. The molecule has 0 aliphatic rings. The maximum atomic E-state index is 11.6. The zero-order valence-corrected chi connectivity index (χ0v) is 22.9. The summed E-state index contributed by atoms with van der Waals surface area (Å²) in [5.41, 5.74) is 0. The van der Waals surface area contributed by atoms with E-state index in [-0.39, 0.29) is 5.97 Å². The molecule has 9 heteroatoms. The fraction of sp³-hybridized carbons (Fsp3) is 0.962. The van der Waals surface area contributed by atoms with Crippen molar-refractivity contribution in [3.63, 3.8) is 0 Å². The highest BCUT2D eigenvalue weighted by Crippen LogP contribution is 2.05. The molecule has 0 amide bonds. The molecule has 0 aromatic rings. The largest absolute Gasteiger partial charge is 0.463 e. The van der Waals surface area contributed by atoms with Crippen molar-refractivity contribution in [3.8, 4) is 0 Å². The van der Waals surface area contributed by atoms with Crippen molar-refractivity contribution in [1.29, 1.82) is 0 Å². The fourth-order valence-corrected chi connectivity index (χ4v) is 3.20. The van der Waals surface area contributed by atoms with Crippen LogP contribution in [-0.2, 0) is 38.0 Å². The first-order valence-corrected chi connectivity index (χ1v) is 14.0. The Kier molecular flexibility index (Phi) is 31.1. The highest BCUT2D eigenvalue weighted by molar-refractivity contribution is 6.17. The number of hydrogen-bond acceptors (Lipinski definition) is 8. The molecule has 0 N–H and O–H groups in total. The second-order valence-corrected chi connectivity index (χ2v) is 8.54. The van der Waals surface area contributed by atoms with Crippen LogP contribution in [0, 0.1) is 0 Å². The van der Waals surface area contributed by atoms with Gasteiger partial charge in [-0.25, -0.2) is 0 Å². The summed E-state index contributed by atoms with van der Waals surface area (Å²) in [4.78, 5) is 11.6. The zero-order chi connectivity index (χ0) is 25.5. The van der Waals surface area contributed by atoms with Crippen LogP contribution >= 0.6 is 11.6 Å². The van der Waals surface area contributed by atoms with Gasteiger partial charge in [0.2, 0.25) is 0 Å². The molecule has 0 spiro atoms. The monoisotopic (exact) mass is 526 g/mol. The van der Waals surface area contributed by atoms with E-state index in [1.807, 2.05) is 0 Å². The van der Waals surface area contributed by atoms with E-state index >= 15 is 0 Å². The smallest absolute Gasteiger partial charge is 0.305 e. The first kappa shape index (κ1) is 34.5. The van der Waals surface area contributed by atoms with Gasteiger partial charge in [-0.1, -0.05) is 45.4 Å². The summed E-state index contributed by atoms with van der Waals surface area (Å²) in [6, 6.07) is 0. The van der Waals surface area contributed by atoms with Gasteiger partial charge in [0.15, 0.2) is 0 Å². The molecule has 0 aromatic carbocycles. The molecule has 0 atom stereocenters. The molecular formula is C26H51ClO8. The molecule has 0 saturated heterocycles. The molecule has 210 valence electrons. The molecule has 35 heavy (non-hydrogen) atoms. The van der Waals surface area contributed by atoms with Gasteiger partial charge >= 0.3 is 5.97 Å². The Morgan fingerprint density at radius 3 is 1.37 bits per heavy atom. The Balaban J connectivity index is 3.08. The summed E-state index contributed by atoms with van der Waals surface area (Å²) in [5, 5.41) is 0. The molecule has 0 radical (unpaired) electrons. The van der Waals surface area contributed by atoms with Gasteiger partial charge in [0, 0.05) is 18.9 Å². The van der Waals surface area contributed by atoms with Gasteiger partial charge in [0.05, 0.1) is 72.7 Å². The number of unbranched alkanes of at least 4 members (excludes halogenated alkanes) is 7. The highest BCUT2D eigenvalue weighted by Gasteiger charge is 2.02. The molecular weight excluding hydrogens is 476 g/mol. The number of rotatable bonds is 30. The van der Waals surface area contributed by atoms with Gasteiger partial charge in [-0.2, -0.15) is 0 Å². The van der Waals surface area contributed by atoms with E-state index in [4.69, 9.17) is 44.8 Å². The van der Waals surface area contributed by atoms with Crippen molar-refractivity contribution in [2.75, 3.05) is 91.8 Å². The van der Waals surface area contributed by atoms with Crippen molar-refractivity contribution in [3.05, 3.63) is 0 Å². The zero-order valence-electron chi connectivity index (χ0n) is 22.1. The number of carbonyl (C=O) groups excluding carboxylic acids is 1. The van der Waals surface area contributed by atoms with Crippen LogP contribution in [0.2, 0.25) is 0 Å². The Hall–Kier alpha value is -0.480. The first-order chi connectivity index (χ1) is 17.3. The summed E-state index contributed by atoms with van der Waals surface area (Å²) in [5.74, 6) is 0.607. The molecule has 0 aliphatic carbocycles. The number of esters is 1. The van der Waals surface area contributed by atoms with E-state index in [0.29, 0.717) is 85.7 Å². The molecule has 8 nitrogen and oxygen atoms in total. The van der Waals surface area contributed by atoms with Crippen LogP contribution in [-0.4, -0.2) is 97.7 Å². The van der Waals surface area contributed by atoms with Gasteiger partial charge in [0.1, 0.15) is 6.61 Å². The quantitative estimate of drug-likeness (QED) is 0.0750. The van der Waals surface area contributed by atoms with Crippen molar-refractivity contribution in [1.82, 2.24) is 0 Å². The number of hydrogen-bond donors (Lipinski definition) is 0. The normalized spacial score (nSPS) is 11.3. The van der Waals surface area contributed by atoms with E-state index in [0.717, 1.165) is 38.2 Å². The number of carbonyl (C=O) groups is 1. The van der Waals surface area contributed by atoms with Crippen LogP contribution in [0.5, 0.6) is 0 Å². The summed E-state index contributed by atoms with van der Waals surface area (Å²) < 4.78 is 37.8. The van der Waals surface area contributed by atoms with Crippen molar-refractivity contribution in [2.24, 2.45) is 0 Å². The summed E-state index contributed by atoms with van der Waals surface area (Å²) in [7, 11) is 0. The van der Waals surface area contributed by atoms with Crippen LogP contribution in [0.15, 0.2) is 0 Å². The average Bonchev–Trinajstić information content (AvgIpc) is 2.86. The Morgan fingerprint density at radius 1 is 0.486 bits per heavy atom. The van der Waals surface area contributed by atoms with Crippen molar-refractivity contribution in [2.45, 2.75) is 71.1 Å². The SMILES string of the molecule is CCCCCCCC(=O)OCCOCCOCCOCCOCCOCCOCCCCCCCl. The van der Waals surface area contributed by atoms with E-state index in [2.05, 4.69) is 6.92 Å². The number of halogens is 1. The first-order valence-electron chi connectivity index (χ1n) is 13.5. The number of alkyl halides is 1. The van der Waals surface area contributed by atoms with Gasteiger partial charge in [-0.15, -0.1) is 11.6 Å². The third-order valence-corrected chi connectivity index (χ3v) is 5.27. The minimum absolute atomic E-state index is 0.139. The van der Waals surface area contributed by atoms with E-state index in [1.165, 1.54) is 32.1 Å². The lowest BCUT2D eigenvalue weighted by atomic mass is 10.1. The Morgan fingerprint density at radius 2 is 0.886 bits per heavy atom. The van der Waals surface area contributed by atoms with Gasteiger partial charge in [0.25, 0.3) is 0 Å². The minimum Gasteiger partial charge on any atom is -0.463 e.